The second-order valence-corrected chi connectivity index (χ2v) is 8.27. The second-order valence-electron chi connectivity index (χ2n) is 8.27. The molecule has 1 N–H and O–H groups in total. The summed E-state index contributed by atoms with van der Waals surface area (Å²) in [5.74, 6) is 1.50. The van der Waals surface area contributed by atoms with Crippen LogP contribution < -0.4 is 5.69 Å². The van der Waals surface area contributed by atoms with E-state index in [4.69, 9.17) is 0 Å². The van der Waals surface area contributed by atoms with Gasteiger partial charge in [0, 0.05) is 12.0 Å². The van der Waals surface area contributed by atoms with Gasteiger partial charge in [0.1, 0.15) is 5.82 Å². The van der Waals surface area contributed by atoms with Crippen LogP contribution in [-0.4, -0.2) is 35.0 Å². The number of nitrogens with one attached hydrogen (secondary N) is 1. The van der Waals surface area contributed by atoms with Gasteiger partial charge in [-0.15, -0.1) is 5.10 Å². The minimum atomic E-state index is -0.0428. The summed E-state index contributed by atoms with van der Waals surface area (Å²) in [6.45, 7) is 6.68. The first kappa shape index (κ1) is 21.7. The van der Waals surface area contributed by atoms with Crippen LogP contribution in [0.2, 0.25) is 0 Å². The molecule has 0 aliphatic heterocycles. The first-order valence-electron chi connectivity index (χ1n) is 11.2. The minimum Gasteiger partial charge on any atom is -0.274 e. The van der Waals surface area contributed by atoms with E-state index in [1.807, 2.05) is 36.6 Å². The standard InChI is InChI=1S/C24H29N7O/c1-4-5-6-11-22-27-31(17(2)3)24(32)30(22)16-18-12-14-19(15-13-18)20-9-7-8-10-21(20)23-25-28-29-26-23/h7-10,12-15,17H,4-6,11,16H2,1-3H3,(H,25,26,28,29). The Morgan fingerprint density at radius 1 is 1.00 bits per heavy atom. The topological polar surface area (TPSA) is 94.3 Å². The molecule has 2 aromatic carbocycles. The van der Waals surface area contributed by atoms with Gasteiger partial charge in [-0.2, -0.15) is 5.10 Å². The van der Waals surface area contributed by atoms with Crippen LogP contribution in [-0.2, 0) is 13.0 Å². The number of unbranched alkanes of at least 4 members (excludes halogenated alkanes) is 2. The van der Waals surface area contributed by atoms with Crippen LogP contribution >= 0.6 is 0 Å². The molecule has 4 rings (SSSR count). The maximum Gasteiger partial charge on any atom is 0.346 e. The average molecular weight is 432 g/mol. The second kappa shape index (κ2) is 9.72. The van der Waals surface area contributed by atoms with Crippen molar-refractivity contribution in [3.63, 3.8) is 0 Å². The minimum absolute atomic E-state index is 0.0399. The third kappa shape index (κ3) is 4.54. The van der Waals surface area contributed by atoms with Crippen LogP contribution in [0.15, 0.2) is 53.3 Å². The Morgan fingerprint density at radius 2 is 1.75 bits per heavy atom. The Hall–Kier alpha value is -3.55. The molecular weight excluding hydrogens is 402 g/mol. The number of hydrogen-bond donors (Lipinski definition) is 1. The molecule has 0 amide bonds. The summed E-state index contributed by atoms with van der Waals surface area (Å²) in [5, 5.41) is 18.9. The van der Waals surface area contributed by atoms with Crippen molar-refractivity contribution in [2.75, 3.05) is 0 Å². The quantitative estimate of drug-likeness (QED) is 0.400. The number of rotatable bonds is 9. The van der Waals surface area contributed by atoms with E-state index >= 15 is 0 Å². The highest BCUT2D eigenvalue weighted by atomic mass is 16.2. The first-order chi connectivity index (χ1) is 15.6. The van der Waals surface area contributed by atoms with Crippen LogP contribution in [0.25, 0.3) is 22.5 Å². The van der Waals surface area contributed by atoms with E-state index in [0.717, 1.165) is 53.8 Å². The van der Waals surface area contributed by atoms with Crippen molar-refractivity contribution in [2.45, 2.75) is 59.0 Å². The van der Waals surface area contributed by atoms with Gasteiger partial charge in [-0.05, 0) is 47.4 Å². The highest BCUT2D eigenvalue weighted by Crippen LogP contribution is 2.29. The number of aromatic amines is 1. The average Bonchev–Trinajstić information content (AvgIpc) is 3.44. The molecular formula is C24H29N7O. The normalized spacial score (nSPS) is 11.4. The van der Waals surface area contributed by atoms with Crippen molar-refractivity contribution in [1.82, 2.24) is 35.0 Å². The Bertz CT molecular complexity index is 1200. The van der Waals surface area contributed by atoms with Gasteiger partial charge in [0.05, 0.1) is 12.6 Å². The Balaban J connectivity index is 1.61. The van der Waals surface area contributed by atoms with E-state index in [2.05, 4.69) is 63.0 Å². The first-order valence-corrected chi connectivity index (χ1v) is 11.2. The molecule has 0 radical (unpaired) electrons. The van der Waals surface area contributed by atoms with E-state index in [9.17, 15) is 4.79 Å². The molecule has 0 aliphatic rings. The lowest BCUT2D eigenvalue weighted by molar-refractivity contribution is 0.504. The van der Waals surface area contributed by atoms with Crippen molar-refractivity contribution >= 4 is 0 Å². The summed E-state index contributed by atoms with van der Waals surface area (Å²) in [6.07, 6.45) is 4.14. The Labute approximate surface area is 187 Å². The van der Waals surface area contributed by atoms with Crippen LogP contribution in [0.1, 0.15) is 57.5 Å². The van der Waals surface area contributed by atoms with E-state index in [-0.39, 0.29) is 11.7 Å². The molecule has 2 aromatic heterocycles. The largest absolute Gasteiger partial charge is 0.346 e. The van der Waals surface area contributed by atoms with Crippen LogP contribution in [0.5, 0.6) is 0 Å². The summed E-state index contributed by atoms with van der Waals surface area (Å²) in [7, 11) is 0. The van der Waals surface area contributed by atoms with E-state index in [1.165, 1.54) is 0 Å². The van der Waals surface area contributed by atoms with Gasteiger partial charge in [0.25, 0.3) is 0 Å². The van der Waals surface area contributed by atoms with Crippen molar-refractivity contribution in [1.29, 1.82) is 0 Å². The lowest BCUT2D eigenvalue weighted by Crippen LogP contribution is -2.27. The molecule has 166 valence electrons. The van der Waals surface area contributed by atoms with Gasteiger partial charge in [0.2, 0.25) is 0 Å². The predicted octanol–water partition coefficient (Wildman–Crippen LogP) is 4.25. The van der Waals surface area contributed by atoms with Gasteiger partial charge < -0.3 is 0 Å². The molecule has 0 spiro atoms. The van der Waals surface area contributed by atoms with Gasteiger partial charge in [-0.3, -0.25) is 4.57 Å². The summed E-state index contributed by atoms with van der Waals surface area (Å²) in [4.78, 5) is 13.0. The zero-order valence-electron chi connectivity index (χ0n) is 18.8. The van der Waals surface area contributed by atoms with Crippen LogP contribution in [0, 0.1) is 0 Å². The van der Waals surface area contributed by atoms with Gasteiger partial charge in [0.15, 0.2) is 5.82 Å². The lowest BCUT2D eigenvalue weighted by Gasteiger charge is -2.09. The lowest BCUT2D eigenvalue weighted by atomic mass is 9.98. The van der Waals surface area contributed by atoms with Gasteiger partial charge >= 0.3 is 5.69 Å². The smallest absolute Gasteiger partial charge is 0.274 e. The van der Waals surface area contributed by atoms with E-state index in [0.29, 0.717) is 12.4 Å². The molecule has 32 heavy (non-hydrogen) atoms. The zero-order valence-corrected chi connectivity index (χ0v) is 18.8. The summed E-state index contributed by atoms with van der Waals surface area (Å²) in [5.41, 5.74) is 4.07. The number of benzene rings is 2. The molecule has 0 saturated heterocycles. The number of tetrazole rings is 1. The molecule has 4 aromatic rings. The molecule has 0 bridgehead atoms. The van der Waals surface area contributed by atoms with Crippen molar-refractivity contribution < 1.29 is 0 Å². The number of hydrogen-bond acceptors (Lipinski definition) is 5. The Kier molecular flexibility index (Phi) is 6.58. The van der Waals surface area contributed by atoms with Crippen LogP contribution in [0.3, 0.4) is 0 Å². The number of H-pyrrole nitrogens is 1. The highest BCUT2D eigenvalue weighted by molar-refractivity contribution is 5.80. The summed E-state index contributed by atoms with van der Waals surface area (Å²) >= 11 is 0. The van der Waals surface area contributed by atoms with Gasteiger partial charge in [-0.1, -0.05) is 68.3 Å². The third-order valence-electron chi connectivity index (χ3n) is 5.59. The monoisotopic (exact) mass is 431 g/mol. The molecule has 8 heteroatoms. The molecule has 0 aliphatic carbocycles. The molecule has 0 saturated carbocycles. The Morgan fingerprint density at radius 3 is 2.41 bits per heavy atom. The molecule has 2 heterocycles. The van der Waals surface area contributed by atoms with E-state index in [1.54, 1.807) is 4.68 Å². The van der Waals surface area contributed by atoms with Crippen molar-refractivity contribution in [3.05, 3.63) is 70.4 Å². The maximum atomic E-state index is 13.0. The predicted molar refractivity (Wildman–Crippen MR) is 124 cm³/mol. The number of aromatic nitrogens is 7. The molecule has 8 nitrogen and oxygen atoms in total. The molecule has 0 unspecified atom stereocenters. The number of nitrogens with zero attached hydrogens (tertiary/aromatic N) is 6. The maximum absolute atomic E-state index is 13.0. The fraction of sp³-hybridized carbons (Fsp3) is 0.375. The molecule has 0 fully saturated rings. The highest BCUT2D eigenvalue weighted by Gasteiger charge is 2.16. The fourth-order valence-corrected chi connectivity index (χ4v) is 3.86. The summed E-state index contributed by atoms with van der Waals surface area (Å²) in [6, 6.07) is 16.3. The van der Waals surface area contributed by atoms with E-state index < -0.39 is 0 Å². The number of aryl methyl sites for hydroxylation is 1. The zero-order chi connectivity index (χ0) is 22.5. The van der Waals surface area contributed by atoms with Crippen molar-refractivity contribution in [2.24, 2.45) is 0 Å². The van der Waals surface area contributed by atoms with Crippen molar-refractivity contribution in [3.8, 4) is 22.5 Å². The fourth-order valence-electron chi connectivity index (χ4n) is 3.86. The van der Waals surface area contributed by atoms with Gasteiger partial charge in [-0.25, -0.2) is 14.6 Å². The molecule has 0 atom stereocenters. The van der Waals surface area contributed by atoms with Crippen LogP contribution in [0.4, 0.5) is 0 Å². The SMILES string of the molecule is CCCCCc1nn(C(C)C)c(=O)n1Cc1ccc(-c2ccccc2-c2nnn[nH]2)cc1. The third-order valence-corrected chi connectivity index (χ3v) is 5.59. The summed E-state index contributed by atoms with van der Waals surface area (Å²) < 4.78 is 3.41.